The number of amides is 2. The lowest BCUT2D eigenvalue weighted by Crippen LogP contribution is -2.53. The molecule has 2 amide bonds. The predicted octanol–water partition coefficient (Wildman–Crippen LogP) is -1.13. The molecule has 0 aromatic carbocycles. The Morgan fingerprint density at radius 2 is 1.19 bits per heavy atom. The number of hydrogen-bond donors (Lipinski definition) is 2. The molecule has 10 nitrogen and oxygen atoms in total. The van der Waals surface area contributed by atoms with Crippen LogP contribution in [0.25, 0.3) is 0 Å². The summed E-state index contributed by atoms with van der Waals surface area (Å²) in [6.07, 6.45) is -0.382. The number of rotatable bonds is 6. The van der Waals surface area contributed by atoms with E-state index in [0.29, 0.717) is 16.6 Å². The number of thioether (sulfide) groups is 2. The molecule has 0 aromatic rings. The second-order valence-electron chi connectivity index (χ2n) is 5.50. The van der Waals surface area contributed by atoms with Crippen LogP contribution in [0.3, 0.4) is 0 Å². The highest BCUT2D eigenvalue weighted by Crippen LogP contribution is 2.21. The van der Waals surface area contributed by atoms with Crippen molar-refractivity contribution in [3.63, 3.8) is 0 Å². The fourth-order valence-corrected chi connectivity index (χ4v) is 8.67. The summed E-state index contributed by atoms with van der Waals surface area (Å²) in [5.74, 6) is -0.693. The number of sulfonamides is 2. The first-order valence-corrected chi connectivity index (χ1v) is 13.7. The zero-order valence-electron chi connectivity index (χ0n) is 15.3. The average Bonchev–Trinajstić information content (AvgIpc) is 2.63. The molecule has 0 atom stereocenters. The van der Waals surface area contributed by atoms with E-state index >= 15 is 0 Å². The molecule has 0 bridgehead atoms. The second kappa shape index (κ2) is 11.5. The predicted molar refractivity (Wildman–Crippen MR) is 108 cm³/mol. The van der Waals surface area contributed by atoms with Crippen LogP contribution in [0.5, 0.6) is 0 Å². The Hall–Kier alpha value is -0.540. The molecule has 158 valence electrons. The molecule has 0 aromatic heterocycles. The van der Waals surface area contributed by atoms with E-state index in [1.54, 1.807) is 0 Å². The van der Waals surface area contributed by atoms with Crippen LogP contribution in [-0.2, 0) is 29.6 Å². The summed E-state index contributed by atoms with van der Waals surface area (Å²) in [4.78, 5) is 23.2. The molecule has 14 heteroatoms. The fourth-order valence-electron chi connectivity index (χ4n) is 2.14. The van der Waals surface area contributed by atoms with Gasteiger partial charge in [-0.2, -0.15) is 0 Å². The molecule has 0 aliphatic carbocycles. The van der Waals surface area contributed by atoms with Crippen LogP contribution < -0.4 is 10.6 Å². The molecule has 1 saturated heterocycles. The van der Waals surface area contributed by atoms with Crippen molar-refractivity contribution in [1.29, 1.82) is 0 Å². The monoisotopic (exact) mass is 462 g/mol. The maximum absolute atomic E-state index is 12.8. The highest BCUT2D eigenvalue weighted by atomic mass is 32.2. The van der Waals surface area contributed by atoms with Crippen molar-refractivity contribution in [3.8, 4) is 0 Å². The number of hydrogen-bond acceptors (Lipinski definition) is 8. The van der Waals surface area contributed by atoms with Crippen LogP contribution in [-0.4, -0.2) is 92.8 Å². The van der Waals surface area contributed by atoms with Crippen LogP contribution >= 0.6 is 23.5 Å². The van der Waals surface area contributed by atoms with E-state index in [0.717, 1.165) is 8.83 Å². The van der Waals surface area contributed by atoms with E-state index in [1.165, 1.54) is 37.6 Å². The lowest BCUT2D eigenvalue weighted by Gasteiger charge is -2.32. The molecule has 27 heavy (non-hydrogen) atoms. The Labute approximate surface area is 169 Å². The molecule has 0 radical (unpaired) electrons. The van der Waals surface area contributed by atoms with Gasteiger partial charge in [0.1, 0.15) is 0 Å². The topological polar surface area (TPSA) is 133 Å². The van der Waals surface area contributed by atoms with Crippen molar-refractivity contribution in [1.82, 2.24) is 19.5 Å². The molecule has 0 spiro atoms. The van der Waals surface area contributed by atoms with Crippen molar-refractivity contribution in [2.45, 2.75) is 12.8 Å². The first-order valence-electron chi connectivity index (χ1n) is 8.21. The van der Waals surface area contributed by atoms with Gasteiger partial charge in [0.15, 0.2) is 0 Å². The van der Waals surface area contributed by atoms with Crippen molar-refractivity contribution in [2.75, 3.05) is 55.3 Å². The van der Waals surface area contributed by atoms with Gasteiger partial charge in [-0.25, -0.2) is 16.8 Å². The van der Waals surface area contributed by atoms with Gasteiger partial charge < -0.3 is 10.6 Å². The molecule has 1 aliphatic rings. The average molecular weight is 463 g/mol. The van der Waals surface area contributed by atoms with Gasteiger partial charge in [0.25, 0.3) is 0 Å². The highest BCUT2D eigenvalue weighted by molar-refractivity contribution is 8.16. The molecule has 1 fully saturated rings. The van der Waals surface area contributed by atoms with Crippen molar-refractivity contribution >= 4 is 55.4 Å². The standard InChI is InChI=1S/C13H26N4O6S4/c1-14-12(18)3-5-16-17(6-4-13(19)15-2)27(22,23)10-8-25-11-24-7-9-26(16,20)21/h3-11H2,1-2H3,(H,14,18)(H,15,19). The van der Waals surface area contributed by atoms with E-state index in [2.05, 4.69) is 10.6 Å². The van der Waals surface area contributed by atoms with E-state index in [-0.39, 0.29) is 37.4 Å². The van der Waals surface area contributed by atoms with Crippen LogP contribution in [0.1, 0.15) is 12.8 Å². The minimum Gasteiger partial charge on any atom is -0.359 e. The number of hydrazine groups is 1. The molecule has 2 N–H and O–H groups in total. The van der Waals surface area contributed by atoms with Crippen LogP contribution in [0, 0.1) is 0 Å². The second-order valence-corrected chi connectivity index (χ2v) is 12.1. The zero-order chi connectivity index (χ0) is 20.5. The van der Waals surface area contributed by atoms with Crippen LogP contribution in [0.15, 0.2) is 0 Å². The first-order chi connectivity index (χ1) is 12.6. The number of carbonyl (C=O) groups is 2. The molecule has 1 heterocycles. The third-order valence-electron chi connectivity index (χ3n) is 3.65. The van der Waals surface area contributed by atoms with Gasteiger partial charge in [-0.3, -0.25) is 9.59 Å². The van der Waals surface area contributed by atoms with Gasteiger partial charge in [0.05, 0.1) is 11.5 Å². The Bertz CT molecular complexity index is 652. The van der Waals surface area contributed by atoms with Crippen LogP contribution in [0.4, 0.5) is 0 Å². The Kier molecular flexibility index (Phi) is 10.4. The van der Waals surface area contributed by atoms with E-state index in [9.17, 15) is 26.4 Å². The normalized spacial score (nSPS) is 21.7. The quantitative estimate of drug-likeness (QED) is 0.507. The van der Waals surface area contributed by atoms with E-state index < -0.39 is 31.9 Å². The summed E-state index contributed by atoms with van der Waals surface area (Å²) >= 11 is 2.84. The van der Waals surface area contributed by atoms with Crippen molar-refractivity contribution < 1.29 is 26.4 Å². The highest BCUT2D eigenvalue weighted by Gasteiger charge is 2.36. The zero-order valence-corrected chi connectivity index (χ0v) is 18.6. The largest absolute Gasteiger partial charge is 0.359 e. The molecule has 0 saturated carbocycles. The summed E-state index contributed by atoms with van der Waals surface area (Å²) in [6, 6.07) is 0. The van der Waals surface area contributed by atoms with Gasteiger partial charge in [-0.05, 0) is 0 Å². The summed E-state index contributed by atoms with van der Waals surface area (Å²) in [5, 5.41) is 5.37. The van der Waals surface area contributed by atoms with Gasteiger partial charge >= 0.3 is 0 Å². The summed E-state index contributed by atoms with van der Waals surface area (Å²) < 4.78 is 52.7. The summed E-state index contributed by atoms with van der Waals surface area (Å²) in [5.41, 5.74) is 0. The van der Waals surface area contributed by atoms with Crippen molar-refractivity contribution in [2.24, 2.45) is 0 Å². The Morgan fingerprint density at radius 1 is 0.815 bits per heavy atom. The molecular formula is C13H26N4O6S4. The number of nitrogens with one attached hydrogen (secondary N) is 2. The van der Waals surface area contributed by atoms with Gasteiger partial charge in [-0.1, -0.05) is 0 Å². The van der Waals surface area contributed by atoms with Gasteiger partial charge in [0.2, 0.25) is 31.9 Å². The maximum Gasteiger partial charge on any atom is 0.228 e. The molecule has 1 aliphatic heterocycles. The third kappa shape index (κ3) is 8.15. The van der Waals surface area contributed by atoms with E-state index in [4.69, 9.17) is 0 Å². The fraction of sp³-hybridized carbons (Fsp3) is 0.846. The number of nitrogens with zero attached hydrogens (tertiary/aromatic N) is 2. The van der Waals surface area contributed by atoms with E-state index in [1.807, 2.05) is 0 Å². The summed E-state index contributed by atoms with van der Waals surface area (Å²) in [6.45, 7) is -0.625. The maximum atomic E-state index is 12.8. The summed E-state index contributed by atoms with van der Waals surface area (Å²) in [7, 11) is -5.13. The van der Waals surface area contributed by atoms with Crippen molar-refractivity contribution in [3.05, 3.63) is 0 Å². The molecule has 1 rings (SSSR count). The minimum atomic E-state index is -3.98. The smallest absolute Gasteiger partial charge is 0.228 e. The molecular weight excluding hydrogens is 436 g/mol. The van der Waals surface area contributed by atoms with Crippen LogP contribution in [0.2, 0.25) is 0 Å². The van der Waals surface area contributed by atoms with Gasteiger partial charge in [0, 0.05) is 56.6 Å². The van der Waals surface area contributed by atoms with Gasteiger partial charge in [-0.15, -0.1) is 32.4 Å². The molecule has 0 unspecified atom stereocenters. The lowest BCUT2D eigenvalue weighted by molar-refractivity contribution is -0.122. The Balaban J connectivity index is 3.25. The Morgan fingerprint density at radius 3 is 1.52 bits per heavy atom. The third-order valence-corrected chi connectivity index (χ3v) is 10.1. The SMILES string of the molecule is CNC(=O)CCN1N(CCC(=O)NC)S(=O)(=O)CCSCSCCS1(=O)=O. The number of carbonyl (C=O) groups excluding carboxylic acids is 2. The lowest BCUT2D eigenvalue weighted by atomic mass is 10.4. The minimum absolute atomic E-state index is 0.191. The first kappa shape index (κ1) is 24.5.